The molecule has 102 valence electrons. The molecular weight excluding hydrogens is 242 g/mol. The van der Waals surface area contributed by atoms with E-state index in [2.05, 4.69) is 10.1 Å². The number of rotatable bonds is 5. The maximum atomic E-state index is 11.7. The summed E-state index contributed by atoms with van der Waals surface area (Å²) in [6.45, 7) is 5.25. The van der Waals surface area contributed by atoms with Gasteiger partial charge in [-0.2, -0.15) is 5.10 Å². The molecule has 0 aliphatic carbocycles. The Morgan fingerprint density at radius 1 is 1.21 bits per heavy atom. The van der Waals surface area contributed by atoms with Crippen LogP contribution in [0, 0.1) is 0 Å². The number of hydrogen-bond acceptors (Lipinski definition) is 4. The third-order valence-corrected chi connectivity index (χ3v) is 2.98. The Hall–Kier alpha value is -2.11. The van der Waals surface area contributed by atoms with Gasteiger partial charge in [-0.3, -0.25) is 4.79 Å². The maximum absolute atomic E-state index is 11.7. The maximum Gasteiger partial charge on any atom is 0.250 e. The first kappa shape index (κ1) is 13.3. The normalized spacial score (nSPS) is 10.8. The third kappa shape index (κ3) is 3.01. The Bertz CT molecular complexity index is 614. The standard InChI is InChI=1S/C13H19N5O/c1-3-11-15-12(4-2)18(16-11)8-7-17-9-10(14)5-6-13(17)19/h5-6,9H,3-4,7-8,14H2,1-2H3. The van der Waals surface area contributed by atoms with Crippen LogP contribution in [-0.2, 0) is 25.9 Å². The van der Waals surface area contributed by atoms with Crippen molar-refractivity contribution in [2.24, 2.45) is 0 Å². The second kappa shape index (κ2) is 5.69. The first-order chi connectivity index (χ1) is 9.13. The molecule has 0 aromatic carbocycles. The number of nitrogens with two attached hydrogens (primary N) is 1. The molecule has 2 N–H and O–H groups in total. The van der Waals surface area contributed by atoms with E-state index < -0.39 is 0 Å². The molecule has 0 radical (unpaired) electrons. The predicted molar refractivity (Wildman–Crippen MR) is 73.9 cm³/mol. The van der Waals surface area contributed by atoms with E-state index in [1.54, 1.807) is 16.8 Å². The van der Waals surface area contributed by atoms with Crippen molar-refractivity contribution >= 4 is 5.69 Å². The molecule has 6 heteroatoms. The fourth-order valence-corrected chi connectivity index (χ4v) is 1.94. The summed E-state index contributed by atoms with van der Waals surface area (Å²) in [7, 11) is 0. The van der Waals surface area contributed by atoms with Crippen molar-refractivity contribution in [3.05, 3.63) is 40.3 Å². The van der Waals surface area contributed by atoms with Gasteiger partial charge in [-0.15, -0.1) is 0 Å². The highest BCUT2D eigenvalue weighted by atomic mass is 16.1. The zero-order valence-corrected chi connectivity index (χ0v) is 11.3. The quantitative estimate of drug-likeness (QED) is 0.865. The highest BCUT2D eigenvalue weighted by molar-refractivity contribution is 5.33. The fourth-order valence-electron chi connectivity index (χ4n) is 1.94. The van der Waals surface area contributed by atoms with Gasteiger partial charge in [-0.05, 0) is 6.07 Å². The molecule has 0 aliphatic rings. The lowest BCUT2D eigenvalue weighted by molar-refractivity contribution is 0.504. The molecule has 0 spiro atoms. The minimum absolute atomic E-state index is 0.0527. The number of anilines is 1. The van der Waals surface area contributed by atoms with Crippen molar-refractivity contribution in [1.82, 2.24) is 19.3 Å². The van der Waals surface area contributed by atoms with Gasteiger partial charge in [-0.1, -0.05) is 13.8 Å². The molecule has 0 saturated carbocycles. The molecule has 0 fully saturated rings. The van der Waals surface area contributed by atoms with E-state index in [1.807, 2.05) is 18.5 Å². The molecule has 19 heavy (non-hydrogen) atoms. The summed E-state index contributed by atoms with van der Waals surface area (Å²) in [5.41, 5.74) is 6.22. The van der Waals surface area contributed by atoms with Gasteiger partial charge in [0.05, 0.1) is 6.54 Å². The van der Waals surface area contributed by atoms with E-state index in [-0.39, 0.29) is 5.56 Å². The molecule has 0 amide bonds. The summed E-state index contributed by atoms with van der Waals surface area (Å²) in [6.07, 6.45) is 3.31. The van der Waals surface area contributed by atoms with Crippen LogP contribution >= 0.6 is 0 Å². The first-order valence-electron chi connectivity index (χ1n) is 6.52. The highest BCUT2D eigenvalue weighted by Gasteiger charge is 2.07. The number of pyridine rings is 1. The smallest absolute Gasteiger partial charge is 0.250 e. The molecule has 0 saturated heterocycles. The minimum atomic E-state index is -0.0527. The zero-order valence-electron chi connectivity index (χ0n) is 11.3. The number of aryl methyl sites for hydroxylation is 4. The van der Waals surface area contributed by atoms with Gasteiger partial charge in [0.15, 0.2) is 5.82 Å². The summed E-state index contributed by atoms with van der Waals surface area (Å²) >= 11 is 0. The van der Waals surface area contributed by atoms with Gasteiger partial charge >= 0.3 is 0 Å². The highest BCUT2D eigenvalue weighted by Crippen LogP contribution is 2.02. The summed E-state index contributed by atoms with van der Waals surface area (Å²) in [6, 6.07) is 3.09. The number of nitrogen functional groups attached to an aromatic ring is 1. The van der Waals surface area contributed by atoms with Gasteiger partial charge in [0.1, 0.15) is 5.82 Å². The molecule has 2 aromatic rings. The van der Waals surface area contributed by atoms with Crippen molar-refractivity contribution in [2.75, 3.05) is 5.73 Å². The van der Waals surface area contributed by atoms with Gasteiger partial charge in [-0.25, -0.2) is 9.67 Å². The zero-order chi connectivity index (χ0) is 13.8. The number of hydrogen-bond donors (Lipinski definition) is 1. The van der Waals surface area contributed by atoms with E-state index in [9.17, 15) is 4.79 Å². The van der Waals surface area contributed by atoms with Gasteiger partial charge in [0.25, 0.3) is 5.56 Å². The molecule has 0 bridgehead atoms. The molecule has 6 nitrogen and oxygen atoms in total. The van der Waals surface area contributed by atoms with Crippen molar-refractivity contribution in [2.45, 2.75) is 39.8 Å². The Morgan fingerprint density at radius 2 is 2.00 bits per heavy atom. The second-order valence-corrected chi connectivity index (χ2v) is 4.37. The summed E-state index contributed by atoms with van der Waals surface area (Å²) in [5.74, 6) is 1.80. The minimum Gasteiger partial charge on any atom is -0.398 e. The largest absolute Gasteiger partial charge is 0.398 e. The average Bonchev–Trinajstić information content (AvgIpc) is 2.82. The van der Waals surface area contributed by atoms with E-state index in [1.165, 1.54) is 6.07 Å². The lowest BCUT2D eigenvalue weighted by Crippen LogP contribution is -2.22. The Morgan fingerprint density at radius 3 is 2.68 bits per heavy atom. The van der Waals surface area contributed by atoms with E-state index >= 15 is 0 Å². The second-order valence-electron chi connectivity index (χ2n) is 4.37. The van der Waals surface area contributed by atoms with Crippen LogP contribution in [-0.4, -0.2) is 19.3 Å². The molecular formula is C13H19N5O. The van der Waals surface area contributed by atoms with E-state index in [0.717, 1.165) is 24.5 Å². The van der Waals surface area contributed by atoms with Crippen LogP contribution < -0.4 is 11.3 Å². The van der Waals surface area contributed by atoms with Crippen LogP contribution in [0.3, 0.4) is 0 Å². The molecule has 2 aromatic heterocycles. The van der Waals surface area contributed by atoms with E-state index in [4.69, 9.17) is 5.73 Å². The van der Waals surface area contributed by atoms with Gasteiger partial charge in [0, 0.05) is 37.3 Å². The van der Waals surface area contributed by atoms with Crippen LogP contribution in [0.1, 0.15) is 25.5 Å². The van der Waals surface area contributed by atoms with Crippen LogP contribution in [0.25, 0.3) is 0 Å². The summed E-state index contributed by atoms with van der Waals surface area (Å²) in [5, 5.41) is 4.43. The monoisotopic (exact) mass is 261 g/mol. The molecule has 2 heterocycles. The van der Waals surface area contributed by atoms with Crippen LogP contribution in [0.4, 0.5) is 5.69 Å². The van der Waals surface area contributed by atoms with Gasteiger partial charge in [0.2, 0.25) is 0 Å². The number of nitrogens with zero attached hydrogens (tertiary/aromatic N) is 4. The van der Waals surface area contributed by atoms with Crippen LogP contribution in [0.5, 0.6) is 0 Å². The van der Waals surface area contributed by atoms with Crippen molar-refractivity contribution in [3.63, 3.8) is 0 Å². The molecule has 0 atom stereocenters. The van der Waals surface area contributed by atoms with Crippen LogP contribution in [0.2, 0.25) is 0 Å². The Kier molecular flexibility index (Phi) is 3.99. The van der Waals surface area contributed by atoms with Gasteiger partial charge < -0.3 is 10.3 Å². The lowest BCUT2D eigenvalue weighted by Gasteiger charge is -2.07. The molecule has 0 aliphatic heterocycles. The fraction of sp³-hybridized carbons (Fsp3) is 0.462. The van der Waals surface area contributed by atoms with Crippen molar-refractivity contribution in [1.29, 1.82) is 0 Å². The number of aromatic nitrogens is 4. The van der Waals surface area contributed by atoms with Crippen molar-refractivity contribution < 1.29 is 0 Å². The van der Waals surface area contributed by atoms with Crippen molar-refractivity contribution in [3.8, 4) is 0 Å². The lowest BCUT2D eigenvalue weighted by atomic mass is 10.4. The molecule has 0 unspecified atom stereocenters. The predicted octanol–water partition coefficient (Wildman–Crippen LogP) is 0.847. The topological polar surface area (TPSA) is 78.7 Å². The summed E-state index contributed by atoms with van der Waals surface area (Å²) < 4.78 is 3.47. The van der Waals surface area contributed by atoms with E-state index in [0.29, 0.717) is 18.8 Å². The molecule has 2 rings (SSSR count). The third-order valence-electron chi connectivity index (χ3n) is 2.98. The Balaban J connectivity index is 2.16. The van der Waals surface area contributed by atoms with Crippen LogP contribution in [0.15, 0.2) is 23.1 Å². The summed E-state index contributed by atoms with van der Waals surface area (Å²) in [4.78, 5) is 16.1. The SMILES string of the molecule is CCc1nc(CC)n(CCn2cc(N)ccc2=O)n1. The first-order valence-corrected chi connectivity index (χ1v) is 6.52. The average molecular weight is 261 g/mol. The Labute approximate surface area is 111 Å².